The van der Waals surface area contributed by atoms with Crippen LogP contribution in [0.2, 0.25) is 5.02 Å². The van der Waals surface area contributed by atoms with Crippen LogP contribution in [0.3, 0.4) is 0 Å². The van der Waals surface area contributed by atoms with Gasteiger partial charge in [0.05, 0.1) is 13.7 Å². The Labute approximate surface area is 135 Å². The van der Waals surface area contributed by atoms with Crippen molar-refractivity contribution in [3.63, 3.8) is 0 Å². The highest BCUT2D eigenvalue weighted by Crippen LogP contribution is 2.17. The molecule has 2 aromatic carbocycles. The van der Waals surface area contributed by atoms with Crippen LogP contribution in [0.4, 0.5) is 5.69 Å². The minimum Gasteiger partial charge on any atom is -0.496 e. The third kappa shape index (κ3) is 5.06. The topological polar surface area (TPSA) is 50.4 Å². The Bertz CT molecular complexity index is 614. The molecular weight excluding hydrogens is 300 g/mol. The summed E-state index contributed by atoms with van der Waals surface area (Å²) in [6.07, 6.45) is 0.804. The van der Waals surface area contributed by atoms with E-state index in [9.17, 15) is 4.79 Å². The van der Waals surface area contributed by atoms with Crippen molar-refractivity contribution in [3.8, 4) is 5.75 Å². The van der Waals surface area contributed by atoms with Gasteiger partial charge in [-0.25, -0.2) is 0 Å². The summed E-state index contributed by atoms with van der Waals surface area (Å²) in [7, 11) is 1.66. The molecule has 0 unspecified atom stereocenters. The Kier molecular flexibility index (Phi) is 6.25. The fourth-order valence-electron chi connectivity index (χ4n) is 2.07. The molecule has 0 radical (unpaired) electrons. The van der Waals surface area contributed by atoms with Gasteiger partial charge in [-0.3, -0.25) is 4.79 Å². The Morgan fingerprint density at radius 3 is 2.59 bits per heavy atom. The molecule has 0 fully saturated rings. The smallest absolute Gasteiger partial charge is 0.238 e. The Hall–Kier alpha value is -2.04. The van der Waals surface area contributed by atoms with Gasteiger partial charge in [0.2, 0.25) is 5.91 Å². The van der Waals surface area contributed by atoms with Crippen LogP contribution in [0, 0.1) is 0 Å². The lowest BCUT2D eigenvalue weighted by molar-refractivity contribution is -0.115. The molecule has 5 heteroatoms. The minimum absolute atomic E-state index is 0.0812. The summed E-state index contributed by atoms with van der Waals surface area (Å²) in [5.41, 5.74) is 1.86. The average Bonchev–Trinajstić information content (AvgIpc) is 2.54. The first-order valence-electron chi connectivity index (χ1n) is 7.07. The second-order valence-electron chi connectivity index (χ2n) is 4.79. The molecule has 0 atom stereocenters. The first-order valence-corrected chi connectivity index (χ1v) is 7.45. The third-order valence-corrected chi connectivity index (χ3v) is 3.43. The number of benzene rings is 2. The van der Waals surface area contributed by atoms with Crippen molar-refractivity contribution < 1.29 is 9.53 Å². The number of para-hydroxylation sites is 1. The van der Waals surface area contributed by atoms with Crippen molar-refractivity contribution in [1.29, 1.82) is 0 Å². The lowest BCUT2D eigenvalue weighted by atomic mass is 10.1. The van der Waals surface area contributed by atoms with E-state index in [1.165, 1.54) is 0 Å². The lowest BCUT2D eigenvalue weighted by Crippen LogP contribution is -2.29. The van der Waals surface area contributed by atoms with Gasteiger partial charge in [-0.05, 0) is 48.9 Å². The van der Waals surface area contributed by atoms with Gasteiger partial charge in [0.25, 0.3) is 0 Å². The summed E-state index contributed by atoms with van der Waals surface area (Å²) in [5, 5.41) is 6.57. The molecule has 0 heterocycles. The molecule has 116 valence electrons. The van der Waals surface area contributed by atoms with Gasteiger partial charge in [0.15, 0.2) is 0 Å². The standard InChI is InChI=1S/C17H19ClN2O2/c1-22-16-5-3-2-4-13(16)10-11-19-12-17(21)20-15-8-6-14(18)7-9-15/h2-9,19H,10-12H2,1H3,(H,20,21). The van der Waals surface area contributed by atoms with Crippen molar-refractivity contribution >= 4 is 23.2 Å². The second kappa shape index (κ2) is 8.41. The fourth-order valence-corrected chi connectivity index (χ4v) is 2.20. The lowest BCUT2D eigenvalue weighted by Gasteiger charge is -2.09. The molecule has 2 N–H and O–H groups in total. The number of rotatable bonds is 7. The number of ether oxygens (including phenoxy) is 1. The maximum absolute atomic E-state index is 11.8. The second-order valence-corrected chi connectivity index (χ2v) is 5.23. The van der Waals surface area contributed by atoms with Crippen molar-refractivity contribution in [2.75, 3.05) is 25.5 Å². The predicted molar refractivity (Wildman–Crippen MR) is 89.6 cm³/mol. The average molecular weight is 319 g/mol. The van der Waals surface area contributed by atoms with Gasteiger partial charge in [0.1, 0.15) is 5.75 Å². The molecule has 0 saturated heterocycles. The highest BCUT2D eigenvalue weighted by atomic mass is 35.5. The number of amides is 1. The molecule has 0 aliphatic carbocycles. The maximum Gasteiger partial charge on any atom is 0.238 e. The van der Waals surface area contributed by atoms with E-state index in [0.717, 1.165) is 23.4 Å². The molecule has 0 aliphatic heterocycles. The number of anilines is 1. The molecule has 2 aromatic rings. The zero-order valence-electron chi connectivity index (χ0n) is 12.4. The van der Waals surface area contributed by atoms with Crippen LogP contribution >= 0.6 is 11.6 Å². The van der Waals surface area contributed by atoms with Crippen molar-refractivity contribution in [1.82, 2.24) is 5.32 Å². The predicted octanol–water partition coefficient (Wildman–Crippen LogP) is 3.12. The minimum atomic E-state index is -0.0812. The molecule has 0 bridgehead atoms. The summed E-state index contributed by atoms with van der Waals surface area (Å²) in [4.78, 5) is 11.8. The van der Waals surface area contributed by atoms with Crippen LogP contribution in [0.1, 0.15) is 5.56 Å². The largest absolute Gasteiger partial charge is 0.496 e. The third-order valence-electron chi connectivity index (χ3n) is 3.18. The zero-order valence-corrected chi connectivity index (χ0v) is 13.2. The van der Waals surface area contributed by atoms with Gasteiger partial charge in [-0.1, -0.05) is 29.8 Å². The van der Waals surface area contributed by atoms with E-state index in [1.54, 1.807) is 31.4 Å². The van der Waals surface area contributed by atoms with E-state index >= 15 is 0 Å². The molecule has 1 amide bonds. The molecule has 0 spiro atoms. The number of methoxy groups -OCH3 is 1. The molecule has 0 saturated carbocycles. The summed E-state index contributed by atoms with van der Waals surface area (Å²) in [6, 6.07) is 14.9. The molecular formula is C17H19ClN2O2. The van der Waals surface area contributed by atoms with E-state index in [-0.39, 0.29) is 12.5 Å². The Morgan fingerprint density at radius 2 is 1.86 bits per heavy atom. The van der Waals surface area contributed by atoms with Gasteiger partial charge in [0, 0.05) is 10.7 Å². The molecule has 0 aromatic heterocycles. The maximum atomic E-state index is 11.8. The normalized spacial score (nSPS) is 10.3. The van der Waals surface area contributed by atoms with Crippen LogP contribution in [0.25, 0.3) is 0 Å². The summed E-state index contributed by atoms with van der Waals surface area (Å²) in [6.45, 7) is 0.964. The van der Waals surface area contributed by atoms with E-state index in [1.807, 2.05) is 24.3 Å². The fraction of sp³-hybridized carbons (Fsp3) is 0.235. The van der Waals surface area contributed by atoms with Gasteiger partial charge >= 0.3 is 0 Å². The highest BCUT2D eigenvalue weighted by molar-refractivity contribution is 6.30. The first kappa shape index (κ1) is 16.3. The summed E-state index contributed by atoms with van der Waals surface area (Å²) < 4.78 is 5.29. The van der Waals surface area contributed by atoms with E-state index in [0.29, 0.717) is 11.6 Å². The number of hydrogen-bond acceptors (Lipinski definition) is 3. The van der Waals surface area contributed by atoms with Crippen molar-refractivity contribution in [2.24, 2.45) is 0 Å². The summed E-state index contributed by atoms with van der Waals surface area (Å²) in [5.74, 6) is 0.789. The van der Waals surface area contributed by atoms with Gasteiger partial charge in [-0.2, -0.15) is 0 Å². The number of carbonyl (C=O) groups is 1. The Balaban J connectivity index is 1.72. The van der Waals surface area contributed by atoms with E-state index in [4.69, 9.17) is 16.3 Å². The van der Waals surface area contributed by atoms with E-state index < -0.39 is 0 Å². The molecule has 0 aliphatic rings. The molecule has 22 heavy (non-hydrogen) atoms. The van der Waals surface area contributed by atoms with Crippen LogP contribution in [-0.4, -0.2) is 26.1 Å². The quantitative estimate of drug-likeness (QED) is 0.771. The van der Waals surface area contributed by atoms with Gasteiger partial charge in [-0.15, -0.1) is 0 Å². The summed E-state index contributed by atoms with van der Waals surface area (Å²) >= 11 is 5.80. The zero-order chi connectivity index (χ0) is 15.8. The van der Waals surface area contributed by atoms with Gasteiger partial charge < -0.3 is 15.4 Å². The van der Waals surface area contributed by atoms with Crippen LogP contribution in [0.5, 0.6) is 5.75 Å². The van der Waals surface area contributed by atoms with E-state index in [2.05, 4.69) is 10.6 Å². The number of halogens is 1. The monoisotopic (exact) mass is 318 g/mol. The molecule has 2 rings (SSSR count). The SMILES string of the molecule is COc1ccccc1CCNCC(=O)Nc1ccc(Cl)cc1. The number of hydrogen-bond donors (Lipinski definition) is 2. The van der Waals surface area contributed by atoms with Crippen LogP contribution < -0.4 is 15.4 Å². The van der Waals surface area contributed by atoms with Crippen molar-refractivity contribution in [3.05, 3.63) is 59.1 Å². The van der Waals surface area contributed by atoms with Crippen molar-refractivity contribution in [2.45, 2.75) is 6.42 Å². The highest BCUT2D eigenvalue weighted by Gasteiger charge is 2.04. The first-order chi connectivity index (χ1) is 10.7. The number of nitrogens with one attached hydrogen (secondary N) is 2. The number of carbonyl (C=O) groups excluding carboxylic acids is 1. The Morgan fingerprint density at radius 1 is 1.14 bits per heavy atom. The van der Waals surface area contributed by atoms with Crippen LogP contribution in [-0.2, 0) is 11.2 Å². The van der Waals surface area contributed by atoms with Crippen LogP contribution in [0.15, 0.2) is 48.5 Å². The molecule has 4 nitrogen and oxygen atoms in total.